The van der Waals surface area contributed by atoms with E-state index in [1.54, 1.807) is 12.1 Å². The minimum absolute atomic E-state index is 0.0126. The number of nitrogens with one attached hydrogen (secondary N) is 1. The molecule has 0 saturated heterocycles. The monoisotopic (exact) mass is 348 g/mol. The first kappa shape index (κ1) is 16.8. The van der Waals surface area contributed by atoms with Gasteiger partial charge in [0.05, 0.1) is 6.42 Å². The second-order valence-electron chi connectivity index (χ2n) is 6.17. The highest BCUT2D eigenvalue weighted by molar-refractivity contribution is 6.30. The summed E-state index contributed by atoms with van der Waals surface area (Å²) in [5.41, 5.74) is 1.56. The number of aryl methyl sites for hydroxylation is 1. The van der Waals surface area contributed by atoms with Gasteiger partial charge in [0.15, 0.2) is 0 Å². The molecule has 0 bridgehead atoms. The van der Waals surface area contributed by atoms with E-state index in [2.05, 4.69) is 10.3 Å². The quantitative estimate of drug-likeness (QED) is 0.787. The number of anilines is 1. The van der Waals surface area contributed by atoms with Gasteiger partial charge in [-0.25, -0.2) is 0 Å². The summed E-state index contributed by atoms with van der Waals surface area (Å²) in [6.07, 6.45) is 6.27. The van der Waals surface area contributed by atoms with Crippen molar-refractivity contribution in [3.63, 3.8) is 0 Å². The van der Waals surface area contributed by atoms with Crippen molar-refractivity contribution >= 4 is 23.6 Å². The largest absolute Gasteiger partial charge is 0.481 e. The third-order valence-corrected chi connectivity index (χ3v) is 4.57. The number of hydrogen-bond acceptors (Lipinski definition) is 4. The van der Waals surface area contributed by atoms with Gasteiger partial charge in [-0.05, 0) is 25.0 Å². The molecule has 2 N–H and O–H groups in total. The summed E-state index contributed by atoms with van der Waals surface area (Å²) in [5, 5.41) is 13.0. The number of oxazole rings is 1. The van der Waals surface area contributed by atoms with Crippen molar-refractivity contribution in [2.24, 2.45) is 0 Å². The maximum atomic E-state index is 10.9. The van der Waals surface area contributed by atoms with Crippen molar-refractivity contribution in [3.05, 3.63) is 35.0 Å². The van der Waals surface area contributed by atoms with Crippen molar-refractivity contribution in [2.75, 3.05) is 5.32 Å². The molecule has 0 amide bonds. The van der Waals surface area contributed by atoms with Gasteiger partial charge in [0.1, 0.15) is 11.5 Å². The number of aliphatic carboxylic acids is 1. The van der Waals surface area contributed by atoms with Crippen molar-refractivity contribution in [1.82, 2.24) is 4.98 Å². The lowest BCUT2D eigenvalue weighted by Crippen LogP contribution is -2.22. The molecule has 1 aliphatic carbocycles. The van der Waals surface area contributed by atoms with Gasteiger partial charge >= 0.3 is 5.97 Å². The van der Waals surface area contributed by atoms with Crippen LogP contribution in [0.1, 0.15) is 44.3 Å². The zero-order chi connectivity index (χ0) is 16.9. The van der Waals surface area contributed by atoms with E-state index < -0.39 is 5.97 Å². The minimum atomic E-state index is -0.852. The summed E-state index contributed by atoms with van der Waals surface area (Å²) < 4.78 is 5.83. The lowest BCUT2D eigenvalue weighted by Gasteiger charge is -2.21. The van der Waals surface area contributed by atoms with E-state index in [1.807, 2.05) is 12.1 Å². The van der Waals surface area contributed by atoms with E-state index in [9.17, 15) is 4.79 Å². The molecular weight excluding hydrogens is 328 g/mol. The Hall–Kier alpha value is -2.01. The van der Waals surface area contributed by atoms with Crippen LogP contribution in [0.2, 0.25) is 5.02 Å². The van der Waals surface area contributed by atoms with Gasteiger partial charge < -0.3 is 14.8 Å². The number of rotatable bonds is 6. The second kappa shape index (κ2) is 7.71. The van der Waals surface area contributed by atoms with Gasteiger partial charge in [-0.15, -0.1) is 0 Å². The standard InChI is InChI=1S/C18H21ClN2O3/c19-13-8-6-12(7-9-13)17-15(10-11-16(22)23)24-18(21-17)20-14-4-2-1-3-5-14/h6-9,14H,1-5,10-11H2,(H,20,21)(H,22,23). The Kier molecular flexibility index (Phi) is 5.41. The number of hydrogen-bond donors (Lipinski definition) is 2. The fourth-order valence-corrected chi connectivity index (χ4v) is 3.18. The number of carboxylic acids is 1. The Labute approximate surface area is 146 Å². The van der Waals surface area contributed by atoms with E-state index in [1.165, 1.54) is 19.3 Å². The first-order valence-corrected chi connectivity index (χ1v) is 8.73. The normalized spacial score (nSPS) is 15.4. The smallest absolute Gasteiger partial charge is 0.303 e. The molecule has 128 valence electrons. The number of carboxylic acid groups (broad SMARTS) is 1. The third kappa shape index (κ3) is 4.29. The molecule has 0 unspecified atom stereocenters. The molecule has 1 aliphatic rings. The zero-order valence-electron chi connectivity index (χ0n) is 13.4. The van der Waals surface area contributed by atoms with Crippen LogP contribution in [0.15, 0.2) is 28.7 Å². The van der Waals surface area contributed by atoms with Crippen LogP contribution >= 0.6 is 11.6 Å². The number of benzene rings is 1. The lowest BCUT2D eigenvalue weighted by molar-refractivity contribution is -0.137. The summed E-state index contributed by atoms with van der Waals surface area (Å²) in [5.74, 6) is -0.256. The van der Waals surface area contributed by atoms with Gasteiger partial charge in [-0.2, -0.15) is 4.98 Å². The average molecular weight is 349 g/mol. The predicted molar refractivity (Wildman–Crippen MR) is 93.4 cm³/mol. The van der Waals surface area contributed by atoms with E-state index in [0.717, 1.165) is 18.4 Å². The molecule has 1 aromatic heterocycles. The zero-order valence-corrected chi connectivity index (χ0v) is 14.2. The van der Waals surface area contributed by atoms with Crippen LogP contribution in [0.5, 0.6) is 0 Å². The topological polar surface area (TPSA) is 75.4 Å². The molecule has 3 rings (SSSR count). The lowest BCUT2D eigenvalue weighted by atomic mass is 9.96. The summed E-state index contributed by atoms with van der Waals surface area (Å²) >= 11 is 5.94. The minimum Gasteiger partial charge on any atom is -0.481 e. The van der Waals surface area contributed by atoms with Crippen LogP contribution in [-0.2, 0) is 11.2 Å². The molecule has 5 nitrogen and oxygen atoms in total. The molecule has 2 aromatic rings. The van der Waals surface area contributed by atoms with Gasteiger partial charge in [0.2, 0.25) is 0 Å². The van der Waals surface area contributed by atoms with Crippen molar-refractivity contribution in [1.29, 1.82) is 0 Å². The van der Waals surface area contributed by atoms with Crippen molar-refractivity contribution in [3.8, 4) is 11.3 Å². The highest BCUT2D eigenvalue weighted by atomic mass is 35.5. The second-order valence-corrected chi connectivity index (χ2v) is 6.61. The van der Waals surface area contributed by atoms with Crippen LogP contribution in [0.25, 0.3) is 11.3 Å². The SMILES string of the molecule is O=C(O)CCc1oc(NC2CCCCC2)nc1-c1ccc(Cl)cc1. The van der Waals surface area contributed by atoms with Crippen molar-refractivity contribution < 1.29 is 14.3 Å². The van der Waals surface area contributed by atoms with Crippen LogP contribution in [0.3, 0.4) is 0 Å². The first-order chi connectivity index (χ1) is 11.6. The van der Waals surface area contributed by atoms with Crippen molar-refractivity contribution in [2.45, 2.75) is 51.0 Å². The molecule has 0 radical (unpaired) electrons. The van der Waals surface area contributed by atoms with Gasteiger partial charge in [0.25, 0.3) is 6.01 Å². The molecule has 24 heavy (non-hydrogen) atoms. The Balaban J connectivity index is 1.83. The molecule has 1 aromatic carbocycles. The number of nitrogens with zero attached hydrogens (tertiary/aromatic N) is 1. The van der Waals surface area contributed by atoms with E-state index in [0.29, 0.717) is 35.0 Å². The fraction of sp³-hybridized carbons (Fsp3) is 0.444. The van der Waals surface area contributed by atoms with E-state index in [-0.39, 0.29) is 6.42 Å². The molecule has 0 aliphatic heterocycles. The fourth-order valence-electron chi connectivity index (χ4n) is 3.06. The van der Waals surface area contributed by atoms with E-state index >= 15 is 0 Å². The predicted octanol–water partition coefficient (Wildman–Crippen LogP) is 4.76. The Bertz CT molecular complexity index is 691. The molecule has 1 heterocycles. The highest BCUT2D eigenvalue weighted by Gasteiger charge is 2.19. The van der Waals surface area contributed by atoms with Gasteiger partial charge in [-0.3, -0.25) is 4.79 Å². The number of carbonyl (C=O) groups is 1. The third-order valence-electron chi connectivity index (χ3n) is 4.31. The maximum absolute atomic E-state index is 10.9. The Morgan fingerprint density at radius 1 is 1.25 bits per heavy atom. The molecule has 1 fully saturated rings. The molecular formula is C18H21ClN2O3. The summed E-state index contributed by atoms with van der Waals surface area (Å²) in [7, 11) is 0. The summed E-state index contributed by atoms with van der Waals surface area (Å²) in [4.78, 5) is 15.5. The Morgan fingerprint density at radius 2 is 1.96 bits per heavy atom. The maximum Gasteiger partial charge on any atom is 0.303 e. The van der Waals surface area contributed by atoms with Crippen LogP contribution in [-0.4, -0.2) is 22.1 Å². The van der Waals surface area contributed by atoms with E-state index in [4.69, 9.17) is 21.1 Å². The average Bonchev–Trinajstić information content (AvgIpc) is 2.97. The van der Waals surface area contributed by atoms with Crippen LogP contribution < -0.4 is 5.32 Å². The number of halogens is 1. The molecule has 0 atom stereocenters. The van der Waals surface area contributed by atoms with Crippen LogP contribution in [0, 0.1) is 0 Å². The molecule has 6 heteroatoms. The Morgan fingerprint density at radius 3 is 2.62 bits per heavy atom. The summed E-state index contributed by atoms with van der Waals surface area (Å²) in [6.45, 7) is 0. The molecule has 0 spiro atoms. The summed E-state index contributed by atoms with van der Waals surface area (Å²) in [6, 6.07) is 8.18. The highest BCUT2D eigenvalue weighted by Crippen LogP contribution is 2.30. The number of aromatic nitrogens is 1. The van der Waals surface area contributed by atoms with Gasteiger partial charge in [-0.1, -0.05) is 43.0 Å². The molecule has 1 saturated carbocycles. The van der Waals surface area contributed by atoms with Crippen LogP contribution in [0.4, 0.5) is 6.01 Å². The van der Waals surface area contributed by atoms with Gasteiger partial charge in [0, 0.05) is 23.0 Å². The first-order valence-electron chi connectivity index (χ1n) is 8.36.